The molecule has 1 rings (SSSR count). The van der Waals surface area contributed by atoms with E-state index in [2.05, 4.69) is 10.3 Å². The number of hydrogen-bond donors (Lipinski definition) is 2. The first-order valence-electron chi connectivity index (χ1n) is 5.54. The van der Waals surface area contributed by atoms with E-state index in [0.29, 0.717) is 6.54 Å². The molecule has 0 spiro atoms. The van der Waals surface area contributed by atoms with Gasteiger partial charge in [-0.2, -0.15) is 0 Å². The highest BCUT2D eigenvalue weighted by Crippen LogP contribution is 2.16. The molecule has 18 heavy (non-hydrogen) atoms. The van der Waals surface area contributed by atoms with Crippen LogP contribution in [0, 0.1) is 5.82 Å². The minimum Gasteiger partial charge on any atom is -0.478 e. The number of anilines is 1. The number of aromatic nitrogens is 1. The Bertz CT molecular complexity index is 447. The lowest BCUT2D eigenvalue weighted by atomic mass is 10.0. The molecule has 0 aromatic carbocycles. The number of halogens is 1. The van der Waals surface area contributed by atoms with Crippen LogP contribution in [0.4, 0.5) is 10.2 Å². The number of likely N-dealkylation sites (N-methyl/N-ethyl adjacent to an activating group) is 1. The fourth-order valence-corrected chi connectivity index (χ4v) is 1.20. The van der Waals surface area contributed by atoms with Crippen molar-refractivity contribution >= 4 is 11.8 Å². The van der Waals surface area contributed by atoms with Crippen molar-refractivity contribution in [2.75, 3.05) is 26.0 Å². The van der Waals surface area contributed by atoms with Gasteiger partial charge in [0.2, 0.25) is 0 Å². The lowest BCUT2D eigenvalue weighted by molar-refractivity contribution is 0.0697. The Hall–Kier alpha value is -1.69. The van der Waals surface area contributed by atoms with Gasteiger partial charge in [0, 0.05) is 12.1 Å². The van der Waals surface area contributed by atoms with E-state index in [1.165, 1.54) is 0 Å². The van der Waals surface area contributed by atoms with Gasteiger partial charge in [0.25, 0.3) is 0 Å². The molecule has 0 saturated carbocycles. The number of pyridine rings is 1. The van der Waals surface area contributed by atoms with E-state index < -0.39 is 11.8 Å². The largest absolute Gasteiger partial charge is 0.478 e. The molecule has 0 bridgehead atoms. The number of nitrogens with one attached hydrogen (secondary N) is 1. The highest BCUT2D eigenvalue weighted by atomic mass is 19.1. The van der Waals surface area contributed by atoms with Crippen molar-refractivity contribution in [3.63, 3.8) is 0 Å². The van der Waals surface area contributed by atoms with Gasteiger partial charge < -0.3 is 15.3 Å². The van der Waals surface area contributed by atoms with Crippen LogP contribution in [0.15, 0.2) is 12.3 Å². The number of hydrogen-bond acceptors (Lipinski definition) is 4. The summed E-state index contributed by atoms with van der Waals surface area (Å²) in [5.41, 5.74) is -0.337. The Morgan fingerprint density at radius 1 is 1.56 bits per heavy atom. The zero-order valence-corrected chi connectivity index (χ0v) is 11.0. The van der Waals surface area contributed by atoms with Gasteiger partial charge in [0.15, 0.2) is 0 Å². The summed E-state index contributed by atoms with van der Waals surface area (Å²) in [5, 5.41) is 11.9. The van der Waals surface area contributed by atoms with Crippen LogP contribution in [-0.4, -0.2) is 47.1 Å². The van der Waals surface area contributed by atoms with Gasteiger partial charge in [-0.15, -0.1) is 0 Å². The third kappa shape index (κ3) is 3.40. The van der Waals surface area contributed by atoms with E-state index >= 15 is 0 Å². The van der Waals surface area contributed by atoms with Crippen LogP contribution in [0.3, 0.4) is 0 Å². The Labute approximate surface area is 106 Å². The summed E-state index contributed by atoms with van der Waals surface area (Å²) in [4.78, 5) is 16.8. The summed E-state index contributed by atoms with van der Waals surface area (Å²) < 4.78 is 12.9. The third-order valence-corrected chi connectivity index (χ3v) is 2.98. The van der Waals surface area contributed by atoms with Gasteiger partial charge in [0.05, 0.1) is 6.20 Å². The van der Waals surface area contributed by atoms with Crippen LogP contribution in [0.1, 0.15) is 24.2 Å². The van der Waals surface area contributed by atoms with E-state index in [1.807, 2.05) is 32.8 Å². The van der Waals surface area contributed by atoms with Gasteiger partial charge in [-0.05, 0) is 34.0 Å². The number of nitrogens with zero attached hydrogens (tertiary/aromatic N) is 2. The van der Waals surface area contributed by atoms with Gasteiger partial charge in [-0.1, -0.05) is 0 Å². The van der Waals surface area contributed by atoms with Crippen LogP contribution < -0.4 is 5.32 Å². The molecule has 100 valence electrons. The second-order valence-corrected chi connectivity index (χ2v) is 4.92. The highest BCUT2D eigenvalue weighted by molar-refractivity contribution is 5.93. The lowest BCUT2D eigenvalue weighted by Crippen LogP contribution is -2.44. The van der Waals surface area contributed by atoms with E-state index in [4.69, 9.17) is 5.11 Å². The minimum atomic E-state index is -1.20. The zero-order valence-electron chi connectivity index (χ0n) is 11.0. The predicted octanol–water partition coefficient (Wildman–Crippen LogP) is 1.67. The molecule has 0 radical (unpaired) electrons. The summed E-state index contributed by atoms with van der Waals surface area (Å²) in [6, 6.07) is 0.959. The van der Waals surface area contributed by atoms with Crippen molar-refractivity contribution in [1.29, 1.82) is 0 Å². The average Bonchev–Trinajstić information content (AvgIpc) is 2.27. The summed E-state index contributed by atoms with van der Waals surface area (Å²) >= 11 is 0. The molecule has 0 fully saturated rings. The molecule has 5 nitrogen and oxygen atoms in total. The van der Waals surface area contributed by atoms with Gasteiger partial charge >= 0.3 is 5.97 Å². The quantitative estimate of drug-likeness (QED) is 0.838. The van der Waals surface area contributed by atoms with E-state index in [-0.39, 0.29) is 16.9 Å². The van der Waals surface area contributed by atoms with E-state index in [9.17, 15) is 9.18 Å². The molecule has 0 amide bonds. The molecule has 0 saturated heterocycles. The normalized spacial score (nSPS) is 11.7. The maximum absolute atomic E-state index is 12.9. The Morgan fingerprint density at radius 2 is 2.17 bits per heavy atom. The smallest absolute Gasteiger partial charge is 0.339 e. The molecular weight excluding hydrogens is 237 g/mol. The SMILES string of the molecule is CN(C)C(C)(C)CNc1ncc(F)cc1C(=O)O. The number of rotatable bonds is 5. The molecule has 6 heteroatoms. The zero-order chi connectivity index (χ0) is 13.9. The van der Waals surface area contributed by atoms with Crippen molar-refractivity contribution in [1.82, 2.24) is 9.88 Å². The third-order valence-electron chi connectivity index (χ3n) is 2.98. The van der Waals surface area contributed by atoms with Gasteiger partial charge in [0.1, 0.15) is 17.2 Å². The fourth-order valence-electron chi connectivity index (χ4n) is 1.20. The minimum absolute atomic E-state index is 0.162. The van der Waals surface area contributed by atoms with Crippen molar-refractivity contribution in [3.05, 3.63) is 23.6 Å². The fraction of sp³-hybridized carbons (Fsp3) is 0.500. The summed E-state index contributed by atoms with van der Waals surface area (Å²) in [7, 11) is 3.86. The van der Waals surface area contributed by atoms with E-state index in [1.54, 1.807) is 0 Å². The first-order valence-corrected chi connectivity index (χ1v) is 5.54. The topological polar surface area (TPSA) is 65.5 Å². The molecule has 0 unspecified atom stereocenters. The van der Waals surface area contributed by atoms with Crippen molar-refractivity contribution in [2.45, 2.75) is 19.4 Å². The molecular formula is C12H18FN3O2. The number of carboxylic acid groups (broad SMARTS) is 1. The summed E-state index contributed by atoms with van der Waals surface area (Å²) in [6.45, 7) is 4.51. The molecule has 1 aromatic rings. The summed E-state index contributed by atoms with van der Waals surface area (Å²) in [5.74, 6) is -1.68. The Kier molecular flexibility index (Phi) is 4.24. The maximum atomic E-state index is 12.9. The first-order chi connectivity index (χ1) is 8.24. The Balaban J connectivity index is 2.89. The molecule has 0 atom stereocenters. The number of carboxylic acids is 1. The van der Waals surface area contributed by atoms with Crippen LogP contribution in [-0.2, 0) is 0 Å². The van der Waals surface area contributed by atoms with Gasteiger partial charge in [-0.25, -0.2) is 14.2 Å². The standard InChI is InChI=1S/C12H18FN3O2/c1-12(2,16(3)4)7-15-10-9(11(17)18)5-8(13)6-14-10/h5-6H,7H2,1-4H3,(H,14,15)(H,17,18). The van der Waals surface area contributed by atoms with Crippen LogP contribution >= 0.6 is 0 Å². The van der Waals surface area contributed by atoms with Gasteiger partial charge in [-0.3, -0.25) is 0 Å². The number of aromatic carboxylic acids is 1. The van der Waals surface area contributed by atoms with Crippen LogP contribution in [0.2, 0.25) is 0 Å². The van der Waals surface area contributed by atoms with Crippen LogP contribution in [0.5, 0.6) is 0 Å². The molecule has 0 aliphatic rings. The lowest BCUT2D eigenvalue weighted by Gasteiger charge is -2.32. The second-order valence-electron chi connectivity index (χ2n) is 4.92. The highest BCUT2D eigenvalue weighted by Gasteiger charge is 2.21. The van der Waals surface area contributed by atoms with Crippen molar-refractivity contribution < 1.29 is 14.3 Å². The molecule has 1 aromatic heterocycles. The molecule has 2 N–H and O–H groups in total. The van der Waals surface area contributed by atoms with Crippen molar-refractivity contribution in [2.24, 2.45) is 0 Å². The van der Waals surface area contributed by atoms with Crippen molar-refractivity contribution in [3.8, 4) is 0 Å². The summed E-state index contributed by atoms with van der Waals surface area (Å²) in [6.07, 6.45) is 0.997. The molecule has 1 heterocycles. The monoisotopic (exact) mass is 255 g/mol. The second kappa shape index (κ2) is 5.30. The molecule has 0 aliphatic carbocycles. The Morgan fingerprint density at radius 3 is 2.67 bits per heavy atom. The maximum Gasteiger partial charge on any atom is 0.339 e. The first kappa shape index (κ1) is 14.4. The van der Waals surface area contributed by atoms with Crippen LogP contribution in [0.25, 0.3) is 0 Å². The average molecular weight is 255 g/mol. The molecule has 0 aliphatic heterocycles. The predicted molar refractivity (Wildman–Crippen MR) is 67.4 cm³/mol. The van der Waals surface area contributed by atoms with E-state index in [0.717, 1.165) is 12.3 Å². The number of carbonyl (C=O) groups is 1.